The third-order valence-corrected chi connectivity index (χ3v) is 4.00. The molecule has 0 radical (unpaired) electrons. The number of urea groups is 1. The van der Waals surface area contributed by atoms with E-state index in [1.165, 1.54) is 0 Å². The van der Waals surface area contributed by atoms with Crippen LogP contribution in [0.3, 0.4) is 0 Å². The van der Waals surface area contributed by atoms with Crippen LogP contribution in [0.1, 0.15) is 13.3 Å². The van der Waals surface area contributed by atoms with E-state index in [2.05, 4.69) is 10.6 Å². The molecule has 130 valence electrons. The molecular formula is C19H21N3O3. The van der Waals surface area contributed by atoms with Crippen LogP contribution < -0.4 is 20.3 Å². The maximum absolute atomic E-state index is 12.5. The molecule has 0 aromatic heterocycles. The van der Waals surface area contributed by atoms with Gasteiger partial charge in [-0.2, -0.15) is 0 Å². The standard InChI is InChI=1S/C19H21N3O3/c1-2-25-16-10-8-14(9-11-16)20-19(24)21-17-12-13-22(18(17)23)15-6-4-3-5-7-15/h3-11,17H,2,12-13H2,1H3,(H2,20,21,24)/t17-/m0/s1. The Kier molecular flexibility index (Phi) is 5.18. The van der Waals surface area contributed by atoms with Crippen LogP contribution in [0.5, 0.6) is 5.75 Å². The van der Waals surface area contributed by atoms with Crippen molar-refractivity contribution in [1.82, 2.24) is 5.32 Å². The summed E-state index contributed by atoms with van der Waals surface area (Å²) in [6, 6.07) is 15.7. The normalized spacial score (nSPS) is 16.6. The van der Waals surface area contributed by atoms with E-state index < -0.39 is 12.1 Å². The van der Waals surface area contributed by atoms with Crippen molar-refractivity contribution in [3.8, 4) is 5.75 Å². The van der Waals surface area contributed by atoms with Gasteiger partial charge in [0.1, 0.15) is 11.8 Å². The highest BCUT2D eigenvalue weighted by molar-refractivity contribution is 6.02. The SMILES string of the molecule is CCOc1ccc(NC(=O)N[C@H]2CCN(c3ccccc3)C2=O)cc1. The molecule has 1 heterocycles. The van der Waals surface area contributed by atoms with Crippen LogP contribution in [0.25, 0.3) is 0 Å². The zero-order valence-corrected chi connectivity index (χ0v) is 14.1. The van der Waals surface area contributed by atoms with E-state index in [0.717, 1.165) is 11.4 Å². The minimum atomic E-state index is -0.511. The maximum Gasteiger partial charge on any atom is 0.319 e. The molecular weight excluding hydrogens is 318 g/mol. The molecule has 6 nitrogen and oxygen atoms in total. The zero-order chi connectivity index (χ0) is 17.6. The van der Waals surface area contributed by atoms with Crippen molar-refractivity contribution >= 4 is 23.3 Å². The lowest BCUT2D eigenvalue weighted by Gasteiger charge is -2.17. The van der Waals surface area contributed by atoms with E-state index in [4.69, 9.17) is 4.74 Å². The Morgan fingerprint density at radius 2 is 1.88 bits per heavy atom. The van der Waals surface area contributed by atoms with Gasteiger partial charge in [-0.25, -0.2) is 4.79 Å². The second kappa shape index (κ2) is 7.70. The van der Waals surface area contributed by atoms with Crippen LogP contribution in [0.15, 0.2) is 54.6 Å². The molecule has 1 fully saturated rings. The quantitative estimate of drug-likeness (QED) is 0.880. The van der Waals surface area contributed by atoms with Crippen LogP contribution in [-0.2, 0) is 4.79 Å². The molecule has 2 aromatic carbocycles. The molecule has 0 unspecified atom stereocenters. The second-order valence-corrected chi connectivity index (χ2v) is 5.72. The summed E-state index contributed by atoms with van der Waals surface area (Å²) in [7, 11) is 0. The molecule has 1 aliphatic rings. The molecule has 1 saturated heterocycles. The Labute approximate surface area is 146 Å². The number of ether oxygens (including phenoxy) is 1. The van der Waals surface area contributed by atoms with Gasteiger partial charge in [-0.05, 0) is 49.7 Å². The molecule has 0 bridgehead atoms. The first-order valence-electron chi connectivity index (χ1n) is 8.34. The van der Waals surface area contributed by atoms with Gasteiger partial charge in [0.25, 0.3) is 0 Å². The van der Waals surface area contributed by atoms with Gasteiger partial charge >= 0.3 is 6.03 Å². The molecule has 0 spiro atoms. The lowest BCUT2D eigenvalue weighted by Crippen LogP contribution is -2.43. The van der Waals surface area contributed by atoms with Crippen molar-refractivity contribution in [1.29, 1.82) is 0 Å². The number of para-hydroxylation sites is 1. The summed E-state index contributed by atoms with van der Waals surface area (Å²) in [6.07, 6.45) is 0.588. The summed E-state index contributed by atoms with van der Waals surface area (Å²) >= 11 is 0. The Morgan fingerprint density at radius 1 is 1.16 bits per heavy atom. The molecule has 25 heavy (non-hydrogen) atoms. The van der Waals surface area contributed by atoms with Crippen molar-refractivity contribution in [2.75, 3.05) is 23.4 Å². The largest absolute Gasteiger partial charge is 0.494 e. The minimum absolute atomic E-state index is 0.0898. The number of carbonyl (C=O) groups excluding carboxylic acids is 2. The van der Waals surface area contributed by atoms with E-state index >= 15 is 0 Å². The van der Waals surface area contributed by atoms with Crippen LogP contribution in [0.4, 0.5) is 16.2 Å². The topological polar surface area (TPSA) is 70.7 Å². The van der Waals surface area contributed by atoms with Gasteiger partial charge in [0.05, 0.1) is 6.61 Å². The fourth-order valence-electron chi connectivity index (χ4n) is 2.80. The van der Waals surface area contributed by atoms with Gasteiger partial charge in [-0.3, -0.25) is 4.79 Å². The Morgan fingerprint density at radius 3 is 2.56 bits per heavy atom. The predicted octanol–water partition coefficient (Wildman–Crippen LogP) is 3.01. The van der Waals surface area contributed by atoms with Crippen molar-refractivity contribution < 1.29 is 14.3 Å². The van der Waals surface area contributed by atoms with Crippen LogP contribution >= 0.6 is 0 Å². The van der Waals surface area contributed by atoms with E-state index in [1.54, 1.807) is 29.2 Å². The van der Waals surface area contributed by atoms with E-state index in [9.17, 15) is 9.59 Å². The fourth-order valence-corrected chi connectivity index (χ4v) is 2.80. The van der Waals surface area contributed by atoms with Crippen LogP contribution in [0.2, 0.25) is 0 Å². The van der Waals surface area contributed by atoms with Crippen molar-refractivity contribution in [3.63, 3.8) is 0 Å². The Hall–Kier alpha value is -3.02. The number of amides is 3. The molecule has 1 aliphatic heterocycles. The monoisotopic (exact) mass is 339 g/mol. The molecule has 6 heteroatoms. The van der Waals surface area contributed by atoms with E-state index in [-0.39, 0.29) is 5.91 Å². The third kappa shape index (κ3) is 4.09. The van der Waals surface area contributed by atoms with Crippen molar-refractivity contribution in [2.24, 2.45) is 0 Å². The first-order valence-corrected chi connectivity index (χ1v) is 8.34. The lowest BCUT2D eigenvalue weighted by atomic mass is 10.2. The first kappa shape index (κ1) is 16.8. The van der Waals surface area contributed by atoms with Gasteiger partial charge in [-0.1, -0.05) is 18.2 Å². The highest BCUT2D eigenvalue weighted by atomic mass is 16.5. The molecule has 3 amide bonds. The van der Waals surface area contributed by atoms with Gasteiger partial charge < -0.3 is 20.3 Å². The summed E-state index contributed by atoms with van der Waals surface area (Å²) in [4.78, 5) is 26.3. The highest BCUT2D eigenvalue weighted by Gasteiger charge is 2.33. The number of nitrogens with zero attached hydrogens (tertiary/aromatic N) is 1. The number of anilines is 2. The van der Waals surface area contributed by atoms with Crippen molar-refractivity contribution in [3.05, 3.63) is 54.6 Å². The predicted molar refractivity (Wildman–Crippen MR) is 97.0 cm³/mol. The molecule has 2 N–H and O–H groups in total. The van der Waals surface area contributed by atoms with Gasteiger partial charge in [0.15, 0.2) is 0 Å². The molecule has 1 atom stereocenters. The van der Waals surface area contributed by atoms with E-state index in [1.807, 2.05) is 37.3 Å². The molecule has 0 aliphatic carbocycles. The average Bonchev–Trinajstić information content (AvgIpc) is 2.98. The summed E-state index contributed by atoms with van der Waals surface area (Å²) in [5, 5.41) is 5.48. The van der Waals surface area contributed by atoms with Gasteiger partial charge in [0.2, 0.25) is 5.91 Å². The number of carbonyl (C=O) groups is 2. The number of benzene rings is 2. The highest BCUT2D eigenvalue weighted by Crippen LogP contribution is 2.21. The number of nitrogens with one attached hydrogen (secondary N) is 2. The molecule has 0 saturated carbocycles. The Balaban J connectivity index is 1.55. The first-order chi connectivity index (χ1) is 12.2. The van der Waals surface area contributed by atoms with E-state index in [0.29, 0.717) is 25.3 Å². The number of rotatable bonds is 5. The summed E-state index contributed by atoms with van der Waals surface area (Å²) in [6.45, 7) is 3.10. The lowest BCUT2D eigenvalue weighted by molar-refractivity contribution is -0.118. The second-order valence-electron chi connectivity index (χ2n) is 5.72. The smallest absolute Gasteiger partial charge is 0.319 e. The fraction of sp³-hybridized carbons (Fsp3) is 0.263. The minimum Gasteiger partial charge on any atom is -0.494 e. The average molecular weight is 339 g/mol. The van der Waals surface area contributed by atoms with Gasteiger partial charge in [0, 0.05) is 17.9 Å². The van der Waals surface area contributed by atoms with Crippen molar-refractivity contribution in [2.45, 2.75) is 19.4 Å². The number of hydrogen-bond acceptors (Lipinski definition) is 3. The summed E-state index contributed by atoms with van der Waals surface area (Å²) < 4.78 is 5.36. The molecule has 3 rings (SSSR count). The molecule has 2 aromatic rings. The summed E-state index contributed by atoms with van der Waals surface area (Å²) in [5.41, 5.74) is 1.50. The Bertz CT molecular complexity index is 731. The third-order valence-electron chi connectivity index (χ3n) is 4.00. The van der Waals surface area contributed by atoms with Crippen LogP contribution in [0, 0.1) is 0 Å². The maximum atomic E-state index is 12.5. The summed E-state index contributed by atoms with van der Waals surface area (Å²) in [5.74, 6) is 0.658. The number of hydrogen-bond donors (Lipinski definition) is 2. The zero-order valence-electron chi connectivity index (χ0n) is 14.1. The van der Waals surface area contributed by atoms with Crippen LogP contribution in [-0.4, -0.2) is 31.1 Å². The van der Waals surface area contributed by atoms with Gasteiger partial charge in [-0.15, -0.1) is 0 Å².